The van der Waals surface area contributed by atoms with Gasteiger partial charge in [0, 0.05) is 56.5 Å². The Balaban J connectivity index is 1.21. The lowest BCUT2D eigenvalue weighted by atomic mass is 10.2. The number of para-hydroxylation sites is 1. The molecule has 0 radical (unpaired) electrons. The maximum Gasteiger partial charge on any atom is 0.238 e. The number of carbonyl (C=O) groups is 2. The number of nitrogens with one attached hydrogen (secondary N) is 1. The highest BCUT2D eigenvalue weighted by Gasteiger charge is 2.22. The summed E-state index contributed by atoms with van der Waals surface area (Å²) >= 11 is 0. The smallest absolute Gasteiger partial charge is 0.238 e. The van der Waals surface area contributed by atoms with Gasteiger partial charge in [0.2, 0.25) is 11.8 Å². The molecule has 2 aromatic carbocycles. The zero-order chi connectivity index (χ0) is 20.9. The number of aryl methyl sites for hydroxylation is 1. The minimum Gasteiger partial charge on any atom is -0.347 e. The second-order valence-electron chi connectivity index (χ2n) is 7.53. The lowest BCUT2D eigenvalue weighted by molar-refractivity contribution is -0.133. The summed E-state index contributed by atoms with van der Waals surface area (Å²) in [7, 11) is 0. The van der Waals surface area contributed by atoms with Gasteiger partial charge >= 0.3 is 0 Å². The first-order valence-corrected chi connectivity index (χ1v) is 10.2. The van der Waals surface area contributed by atoms with Gasteiger partial charge < -0.3 is 14.8 Å². The molecule has 0 bridgehead atoms. The van der Waals surface area contributed by atoms with Crippen LogP contribution in [0.2, 0.25) is 0 Å². The van der Waals surface area contributed by atoms with Gasteiger partial charge in [0.1, 0.15) is 5.82 Å². The lowest BCUT2D eigenvalue weighted by Crippen LogP contribution is -2.50. The molecule has 156 valence electrons. The number of amides is 2. The number of halogens is 1. The Morgan fingerprint density at radius 3 is 2.43 bits per heavy atom. The first-order valence-electron chi connectivity index (χ1n) is 10.2. The molecule has 4 rings (SSSR count). The Kier molecular flexibility index (Phi) is 6.09. The van der Waals surface area contributed by atoms with Crippen LogP contribution in [0.15, 0.2) is 60.8 Å². The number of piperazine rings is 1. The summed E-state index contributed by atoms with van der Waals surface area (Å²) in [6, 6.07) is 15.9. The van der Waals surface area contributed by atoms with Crippen molar-refractivity contribution in [3.63, 3.8) is 0 Å². The van der Waals surface area contributed by atoms with E-state index in [4.69, 9.17) is 0 Å². The molecule has 1 aromatic heterocycles. The van der Waals surface area contributed by atoms with Gasteiger partial charge in [0.15, 0.2) is 0 Å². The van der Waals surface area contributed by atoms with Crippen LogP contribution in [-0.2, 0) is 16.1 Å². The molecule has 1 N–H and O–H groups in total. The van der Waals surface area contributed by atoms with Crippen LogP contribution in [-0.4, -0.2) is 58.9 Å². The number of hydrogen-bond donors (Lipinski definition) is 1. The fourth-order valence-electron chi connectivity index (χ4n) is 3.80. The maximum absolute atomic E-state index is 12.9. The molecule has 2 heterocycles. The summed E-state index contributed by atoms with van der Waals surface area (Å²) in [5.41, 5.74) is 1.72. The largest absolute Gasteiger partial charge is 0.347 e. The molecule has 0 saturated carbocycles. The van der Waals surface area contributed by atoms with Crippen molar-refractivity contribution in [3.05, 3.63) is 66.6 Å². The summed E-state index contributed by atoms with van der Waals surface area (Å²) < 4.78 is 15.1. The fraction of sp³-hybridized carbons (Fsp3) is 0.304. The number of rotatable bonds is 6. The van der Waals surface area contributed by atoms with E-state index >= 15 is 0 Å². The number of anilines is 1. The highest BCUT2D eigenvalue weighted by molar-refractivity contribution is 5.92. The van der Waals surface area contributed by atoms with E-state index in [9.17, 15) is 14.0 Å². The van der Waals surface area contributed by atoms with E-state index in [1.807, 2.05) is 28.1 Å². The Morgan fingerprint density at radius 2 is 1.67 bits per heavy atom. The van der Waals surface area contributed by atoms with Gasteiger partial charge in [-0.3, -0.25) is 14.5 Å². The molecule has 1 saturated heterocycles. The van der Waals surface area contributed by atoms with E-state index < -0.39 is 0 Å². The van der Waals surface area contributed by atoms with Gasteiger partial charge in [-0.25, -0.2) is 4.39 Å². The zero-order valence-electron chi connectivity index (χ0n) is 16.8. The molecule has 0 atom stereocenters. The first kappa shape index (κ1) is 20.1. The summed E-state index contributed by atoms with van der Waals surface area (Å²) in [6.45, 7) is 3.48. The molecule has 30 heavy (non-hydrogen) atoms. The predicted molar refractivity (Wildman–Crippen MR) is 115 cm³/mol. The van der Waals surface area contributed by atoms with Gasteiger partial charge in [-0.15, -0.1) is 0 Å². The first-order chi connectivity index (χ1) is 14.6. The minimum absolute atomic E-state index is 0.138. The van der Waals surface area contributed by atoms with E-state index in [-0.39, 0.29) is 24.2 Å². The SMILES string of the molecule is O=C(CN1CCN(C(=O)CCn2ccc3ccccc32)CC1)Nc1ccc(F)cc1. The van der Waals surface area contributed by atoms with Crippen LogP contribution in [0.25, 0.3) is 10.9 Å². The number of carbonyl (C=O) groups excluding carboxylic acids is 2. The number of hydrogen-bond acceptors (Lipinski definition) is 3. The van der Waals surface area contributed by atoms with Crippen LogP contribution in [0.5, 0.6) is 0 Å². The second kappa shape index (κ2) is 9.09. The highest BCUT2D eigenvalue weighted by atomic mass is 19.1. The van der Waals surface area contributed by atoms with Gasteiger partial charge in [-0.05, 0) is 41.8 Å². The molecular weight excluding hydrogens is 383 g/mol. The molecule has 1 fully saturated rings. The summed E-state index contributed by atoms with van der Waals surface area (Å²) in [4.78, 5) is 28.7. The predicted octanol–water partition coefficient (Wildman–Crippen LogP) is 2.95. The van der Waals surface area contributed by atoms with Gasteiger partial charge in [-0.2, -0.15) is 0 Å². The summed E-state index contributed by atoms with van der Waals surface area (Å²) in [6.07, 6.45) is 2.49. The van der Waals surface area contributed by atoms with E-state index in [0.29, 0.717) is 44.8 Å². The van der Waals surface area contributed by atoms with Crippen LogP contribution >= 0.6 is 0 Å². The van der Waals surface area contributed by atoms with E-state index in [0.717, 1.165) is 5.52 Å². The molecule has 0 spiro atoms. The number of fused-ring (bicyclic) bond motifs is 1. The van der Waals surface area contributed by atoms with Crippen molar-refractivity contribution < 1.29 is 14.0 Å². The van der Waals surface area contributed by atoms with Crippen LogP contribution in [0, 0.1) is 5.82 Å². The maximum atomic E-state index is 12.9. The van der Waals surface area contributed by atoms with Crippen molar-refractivity contribution in [2.45, 2.75) is 13.0 Å². The van der Waals surface area contributed by atoms with Crippen LogP contribution in [0.1, 0.15) is 6.42 Å². The molecule has 3 aromatic rings. The average Bonchev–Trinajstić information content (AvgIpc) is 3.17. The average molecular weight is 408 g/mol. The molecule has 0 aliphatic carbocycles. The normalized spacial score (nSPS) is 14.8. The Morgan fingerprint density at radius 1 is 0.933 bits per heavy atom. The van der Waals surface area contributed by atoms with Gasteiger partial charge in [0.25, 0.3) is 0 Å². The van der Waals surface area contributed by atoms with Gasteiger partial charge in [0.05, 0.1) is 6.54 Å². The van der Waals surface area contributed by atoms with Crippen molar-refractivity contribution in [2.75, 3.05) is 38.0 Å². The number of aromatic nitrogens is 1. The molecule has 2 amide bonds. The molecule has 1 aliphatic heterocycles. The van der Waals surface area contributed by atoms with E-state index in [1.165, 1.54) is 29.7 Å². The Hall–Kier alpha value is -3.19. The standard InChI is InChI=1S/C23H25FN4O2/c24-19-5-7-20(8-6-19)25-22(29)17-26-13-15-28(16-14-26)23(30)10-12-27-11-9-18-3-1-2-4-21(18)27/h1-9,11H,10,12-17H2,(H,25,29). The molecule has 0 unspecified atom stereocenters. The number of nitrogens with zero attached hydrogens (tertiary/aromatic N) is 3. The highest BCUT2D eigenvalue weighted by Crippen LogP contribution is 2.16. The van der Waals surface area contributed by atoms with E-state index in [1.54, 1.807) is 0 Å². The van der Waals surface area contributed by atoms with Crippen molar-refractivity contribution in [2.24, 2.45) is 0 Å². The Bertz CT molecular complexity index is 1020. The monoisotopic (exact) mass is 408 g/mol. The van der Waals surface area contributed by atoms with Crippen LogP contribution < -0.4 is 5.32 Å². The third-order valence-corrected chi connectivity index (χ3v) is 5.47. The van der Waals surface area contributed by atoms with Gasteiger partial charge in [-0.1, -0.05) is 18.2 Å². The topological polar surface area (TPSA) is 57.6 Å². The minimum atomic E-state index is -0.334. The van der Waals surface area contributed by atoms with Crippen molar-refractivity contribution in [1.82, 2.24) is 14.4 Å². The molecule has 1 aliphatic rings. The molecule has 6 nitrogen and oxygen atoms in total. The molecule has 7 heteroatoms. The zero-order valence-corrected chi connectivity index (χ0v) is 16.8. The van der Waals surface area contributed by atoms with Crippen molar-refractivity contribution in [3.8, 4) is 0 Å². The summed E-state index contributed by atoms with van der Waals surface area (Å²) in [5, 5.41) is 3.95. The number of benzene rings is 2. The second-order valence-corrected chi connectivity index (χ2v) is 7.53. The quantitative estimate of drug-likeness (QED) is 0.682. The van der Waals surface area contributed by atoms with Crippen LogP contribution in [0.3, 0.4) is 0 Å². The lowest BCUT2D eigenvalue weighted by Gasteiger charge is -2.34. The molecular formula is C23H25FN4O2. The van der Waals surface area contributed by atoms with Crippen molar-refractivity contribution >= 4 is 28.4 Å². The van der Waals surface area contributed by atoms with Crippen LogP contribution in [0.4, 0.5) is 10.1 Å². The summed E-state index contributed by atoms with van der Waals surface area (Å²) in [5.74, 6) is -0.331. The van der Waals surface area contributed by atoms with E-state index in [2.05, 4.69) is 28.1 Å². The fourth-order valence-corrected chi connectivity index (χ4v) is 3.80. The Labute approximate surface area is 174 Å². The third-order valence-electron chi connectivity index (χ3n) is 5.47. The van der Waals surface area contributed by atoms with Crippen molar-refractivity contribution in [1.29, 1.82) is 0 Å². The third kappa shape index (κ3) is 4.86.